The van der Waals surface area contributed by atoms with Crippen LogP contribution in [0.3, 0.4) is 0 Å². The van der Waals surface area contributed by atoms with E-state index in [-0.39, 0.29) is 11.3 Å². The molecule has 1 aromatic heterocycles. The summed E-state index contributed by atoms with van der Waals surface area (Å²) in [5.74, 6) is -0.0634. The first-order valence-corrected chi connectivity index (χ1v) is 6.80. The van der Waals surface area contributed by atoms with Gasteiger partial charge in [-0.15, -0.1) is 0 Å². The molecule has 5 heteroatoms. The molecule has 1 amide bonds. The smallest absolute Gasteiger partial charge is 0.273 e. The summed E-state index contributed by atoms with van der Waals surface area (Å²) in [7, 11) is 0. The standard InChI is InChI=1S/C13H20BrN3O/c1-4-17(9-13(2,3)8-15)12(18)11-10(14)6-5-7-16-11/h5-7H,4,8-9,15H2,1-3H3. The van der Waals surface area contributed by atoms with Crippen LogP contribution < -0.4 is 5.73 Å². The fraction of sp³-hybridized carbons (Fsp3) is 0.538. The normalized spacial score (nSPS) is 11.4. The summed E-state index contributed by atoms with van der Waals surface area (Å²) in [5.41, 5.74) is 6.08. The van der Waals surface area contributed by atoms with Crippen molar-refractivity contribution in [3.8, 4) is 0 Å². The van der Waals surface area contributed by atoms with Crippen molar-refractivity contribution in [1.82, 2.24) is 9.88 Å². The fourth-order valence-corrected chi connectivity index (χ4v) is 2.03. The Morgan fingerprint density at radius 1 is 1.56 bits per heavy atom. The first-order valence-electron chi connectivity index (χ1n) is 6.01. The molecule has 0 spiro atoms. The van der Waals surface area contributed by atoms with Crippen molar-refractivity contribution in [1.29, 1.82) is 0 Å². The number of hydrogen-bond donors (Lipinski definition) is 1. The van der Waals surface area contributed by atoms with E-state index in [1.165, 1.54) is 0 Å². The Labute approximate surface area is 117 Å². The van der Waals surface area contributed by atoms with E-state index in [0.717, 1.165) is 4.47 Å². The molecule has 0 unspecified atom stereocenters. The average molecular weight is 314 g/mol. The zero-order valence-electron chi connectivity index (χ0n) is 11.1. The number of carbonyl (C=O) groups excluding carboxylic acids is 1. The van der Waals surface area contributed by atoms with E-state index in [2.05, 4.69) is 34.8 Å². The number of rotatable bonds is 5. The van der Waals surface area contributed by atoms with E-state index < -0.39 is 0 Å². The maximum Gasteiger partial charge on any atom is 0.273 e. The van der Waals surface area contributed by atoms with E-state index >= 15 is 0 Å². The van der Waals surface area contributed by atoms with Gasteiger partial charge in [-0.25, -0.2) is 4.98 Å². The third-order valence-electron chi connectivity index (χ3n) is 2.80. The minimum absolute atomic E-state index is 0.0634. The van der Waals surface area contributed by atoms with Crippen LogP contribution in [0.1, 0.15) is 31.3 Å². The van der Waals surface area contributed by atoms with Gasteiger partial charge >= 0.3 is 0 Å². The van der Waals surface area contributed by atoms with Gasteiger partial charge in [0.05, 0.1) is 0 Å². The quantitative estimate of drug-likeness (QED) is 0.907. The Balaban J connectivity index is 2.90. The van der Waals surface area contributed by atoms with Crippen LogP contribution in [0.15, 0.2) is 22.8 Å². The molecule has 1 heterocycles. The molecular weight excluding hydrogens is 294 g/mol. The highest BCUT2D eigenvalue weighted by Crippen LogP contribution is 2.19. The summed E-state index contributed by atoms with van der Waals surface area (Å²) in [6.45, 7) is 7.88. The molecule has 18 heavy (non-hydrogen) atoms. The van der Waals surface area contributed by atoms with Crippen molar-refractivity contribution < 1.29 is 4.79 Å². The van der Waals surface area contributed by atoms with Crippen molar-refractivity contribution in [3.05, 3.63) is 28.5 Å². The van der Waals surface area contributed by atoms with Gasteiger partial charge in [0.1, 0.15) is 5.69 Å². The highest BCUT2D eigenvalue weighted by Gasteiger charge is 2.25. The highest BCUT2D eigenvalue weighted by molar-refractivity contribution is 9.10. The van der Waals surface area contributed by atoms with E-state index in [9.17, 15) is 4.79 Å². The Bertz CT molecular complexity index is 420. The van der Waals surface area contributed by atoms with Gasteiger partial charge in [-0.1, -0.05) is 13.8 Å². The molecule has 1 rings (SSSR count). The van der Waals surface area contributed by atoms with Gasteiger partial charge < -0.3 is 10.6 Å². The maximum atomic E-state index is 12.4. The molecule has 4 nitrogen and oxygen atoms in total. The second-order valence-electron chi connectivity index (χ2n) is 5.02. The molecule has 0 aliphatic carbocycles. The number of aromatic nitrogens is 1. The maximum absolute atomic E-state index is 12.4. The van der Waals surface area contributed by atoms with Crippen molar-refractivity contribution in [3.63, 3.8) is 0 Å². The number of pyridine rings is 1. The lowest BCUT2D eigenvalue weighted by molar-refractivity contribution is 0.0694. The first kappa shape index (κ1) is 15.1. The molecule has 0 aliphatic heterocycles. The van der Waals surface area contributed by atoms with Crippen LogP contribution in [0.25, 0.3) is 0 Å². The summed E-state index contributed by atoms with van der Waals surface area (Å²) in [4.78, 5) is 18.3. The molecule has 0 saturated carbocycles. The summed E-state index contributed by atoms with van der Waals surface area (Å²) in [6, 6.07) is 3.61. The van der Waals surface area contributed by atoms with Gasteiger partial charge in [-0.3, -0.25) is 4.79 Å². The largest absolute Gasteiger partial charge is 0.337 e. The monoisotopic (exact) mass is 313 g/mol. The van der Waals surface area contributed by atoms with Crippen LogP contribution in [0.5, 0.6) is 0 Å². The predicted molar refractivity (Wildman–Crippen MR) is 76.3 cm³/mol. The third kappa shape index (κ3) is 3.78. The van der Waals surface area contributed by atoms with Gasteiger partial charge in [-0.05, 0) is 46.9 Å². The average Bonchev–Trinajstić information content (AvgIpc) is 2.36. The van der Waals surface area contributed by atoms with Gasteiger partial charge in [0, 0.05) is 23.8 Å². The number of halogens is 1. The molecule has 0 bridgehead atoms. The summed E-state index contributed by atoms with van der Waals surface area (Å²) >= 11 is 3.36. The Kier molecular flexibility index (Phi) is 5.28. The van der Waals surface area contributed by atoms with Crippen LogP contribution in [-0.2, 0) is 0 Å². The zero-order chi connectivity index (χ0) is 13.8. The molecule has 1 aromatic rings. The van der Waals surface area contributed by atoms with Crippen molar-refractivity contribution in [2.24, 2.45) is 11.1 Å². The number of hydrogen-bond acceptors (Lipinski definition) is 3. The van der Waals surface area contributed by atoms with Crippen LogP contribution in [0.2, 0.25) is 0 Å². The van der Waals surface area contributed by atoms with Crippen LogP contribution in [0, 0.1) is 5.41 Å². The number of nitrogens with two attached hydrogens (primary N) is 1. The second-order valence-corrected chi connectivity index (χ2v) is 5.88. The van der Waals surface area contributed by atoms with Crippen molar-refractivity contribution in [2.75, 3.05) is 19.6 Å². The van der Waals surface area contributed by atoms with Gasteiger partial charge in [0.2, 0.25) is 0 Å². The lowest BCUT2D eigenvalue weighted by Crippen LogP contribution is -2.42. The van der Waals surface area contributed by atoms with E-state index in [1.807, 2.05) is 13.0 Å². The molecule has 0 atom stereocenters. The molecule has 100 valence electrons. The van der Waals surface area contributed by atoms with E-state index in [0.29, 0.717) is 25.3 Å². The van der Waals surface area contributed by atoms with E-state index in [4.69, 9.17) is 5.73 Å². The van der Waals surface area contributed by atoms with Crippen LogP contribution >= 0.6 is 15.9 Å². The lowest BCUT2D eigenvalue weighted by Gasteiger charge is -2.31. The molecule has 0 aromatic carbocycles. The first-order chi connectivity index (χ1) is 8.41. The molecule has 0 radical (unpaired) electrons. The summed E-state index contributed by atoms with van der Waals surface area (Å²) < 4.78 is 0.721. The fourth-order valence-electron chi connectivity index (χ4n) is 1.60. The van der Waals surface area contributed by atoms with Gasteiger partial charge in [0.25, 0.3) is 5.91 Å². The van der Waals surface area contributed by atoms with E-state index in [1.54, 1.807) is 17.2 Å². The Morgan fingerprint density at radius 3 is 2.72 bits per heavy atom. The molecule has 0 saturated heterocycles. The molecule has 0 fully saturated rings. The van der Waals surface area contributed by atoms with Gasteiger partial charge in [0.15, 0.2) is 0 Å². The van der Waals surface area contributed by atoms with Gasteiger partial charge in [-0.2, -0.15) is 0 Å². The SMILES string of the molecule is CCN(CC(C)(C)CN)C(=O)c1ncccc1Br. The van der Waals surface area contributed by atoms with Crippen molar-refractivity contribution in [2.45, 2.75) is 20.8 Å². The predicted octanol–water partition coefficient (Wildman–Crippen LogP) is 2.29. The number of amides is 1. The van der Waals surface area contributed by atoms with Crippen molar-refractivity contribution >= 4 is 21.8 Å². The van der Waals surface area contributed by atoms with Crippen LogP contribution in [0.4, 0.5) is 0 Å². The zero-order valence-corrected chi connectivity index (χ0v) is 12.7. The third-order valence-corrected chi connectivity index (χ3v) is 3.44. The number of nitrogens with zero attached hydrogens (tertiary/aromatic N) is 2. The number of carbonyl (C=O) groups is 1. The van der Waals surface area contributed by atoms with Crippen LogP contribution in [-0.4, -0.2) is 35.4 Å². The summed E-state index contributed by atoms with van der Waals surface area (Å²) in [5, 5.41) is 0. The molecule has 2 N–H and O–H groups in total. The minimum Gasteiger partial charge on any atom is -0.337 e. The Morgan fingerprint density at radius 2 is 2.22 bits per heavy atom. The molecular formula is C13H20BrN3O. The Hall–Kier alpha value is -0.940. The second kappa shape index (κ2) is 6.29. The summed E-state index contributed by atoms with van der Waals surface area (Å²) in [6.07, 6.45) is 1.62. The molecule has 0 aliphatic rings. The topological polar surface area (TPSA) is 59.2 Å². The lowest BCUT2D eigenvalue weighted by atomic mass is 9.93. The minimum atomic E-state index is -0.0904. The highest BCUT2D eigenvalue weighted by atomic mass is 79.9.